The van der Waals surface area contributed by atoms with Crippen molar-refractivity contribution >= 4 is 37.5 Å². The lowest BCUT2D eigenvalue weighted by Gasteiger charge is -2.14. The van der Waals surface area contributed by atoms with Crippen molar-refractivity contribution in [3.05, 3.63) is 34.3 Å². The summed E-state index contributed by atoms with van der Waals surface area (Å²) >= 11 is 3.28. The second-order valence-corrected chi connectivity index (χ2v) is 8.62. The molecule has 1 fully saturated rings. The predicted octanol–water partition coefficient (Wildman–Crippen LogP) is 2.39. The molecule has 1 aromatic rings. The van der Waals surface area contributed by atoms with Crippen molar-refractivity contribution in [1.29, 1.82) is 0 Å². The standard InChI is InChI=1S/C15H17BrO5S/c1-10(15(18)12-2-4-13(16)5-3-12)21-14(17)8-11-6-7-22(19,20)9-11/h2-5,10-11H,6-9H2,1H3/t10-,11+/m0/s1. The second-order valence-electron chi connectivity index (χ2n) is 5.48. The Morgan fingerprint density at radius 2 is 1.95 bits per heavy atom. The van der Waals surface area contributed by atoms with E-state index in [0.29, 0.717) is 12.0 Å². The summed E-state index contributed by atoms with van der Waals surface area (Å²) in [4.78, 5) is 24.0. The molecule has 0 spiro atoms. The van der Waals surface area contributed by atoms with Gasteiger partial charge in [0.15, 0.2) is 15.9 Å². The van der Waals surface area contributed by atoms with Crippen LogP contribution in [0.1, 0.15) is 30.1 Å². The van der Waals surface area contributed by atoms with Crippen LogP contribution in [0.2, 0.25) is 0 Å². The largest absolute Gasteiger partial charge is 0.454 e. The molecule has 1 heterocycles. The fraction of sp³-hybridized carbons (Fsp3) is 0.467. The van der Waals surface area contributed by atoms with Gasteiger partial charge >= 0.3 is 5.97 Å². The number of halogens is 1. The van der Waals surface area contributed by atoms with Crippen molar-refractivity contribution in [1.82, 2.24) is 0 Å². The van der Waals surface area contributed by atoms with Gasteiger partial charge < -0.3 is 4.74 Å². The fourth-order valence-corrected chi connectivity index (χ4v) is 4.54. The molecule has 0 N–H and O–H groups in total. The topological polar surface area (TPSA) is 77.5 Å². The highest BCUT2D eigenvalue weighted by Gasteiger charge is 2.30. The van der Waals surface area contributed by atoms with E-state index in [2.05, 4.69) is 15.9 Å². The minimum atomic E-state index is -3.01. The van der Waals surface area contributed by atoms with E-state index in [1.807, 2.05) is 0 Å². The molecule has 7 heteroatoms. The lowest BCUT2D eigenvalue weighted by molar-refractivity contribution is -0.147. The van der Waals surface area contributed by atoms with Gasteiger partial charge in [-0.2, -0.15) is 0 Å². The minimum absolute atomic E-state index is 0.0249. The number of sulfone groups is 1. The fourth-order valence-electron chi connectivity index (χ4n) is 2.42. The van der Waals surface area contributed by atoms with Crippen molar-refractivity contribution in [2.24, 2.45) is 5.92 Å². The molecule has 0 aliphatic carbocycles. The van der Waals surface area contributed by atoms with Crippen LogP contribution in [0.15, 0.2) is 28.7 Å². The molecule has 0 unspecified atom stereocenters. The number of hydrogen-bond acceptors (Lipinski definition) is 5. The molecule has 0 amide bonds. The van der Waals surface area contributed by atoms with Crippen LogP contribution >= 0.6 is 15.9 Å². The van der Waals surface area contributed by atoms with Crippen molar-refractivity contribution in [2.45, 2.75) is 25.9 Å². The first kappa shape index (κ1) is 17.1. The summed E-state index contributed by atoms with van der Waals surface area (Å²) < 4.78 is 28.7. The van der Waals surface area contributed by atoms with Crippen LogP contribution in [0, 0.1) is 5.92 Å². The van der Waals surface area contributed by atoms with Crippen LogP contribution in [-0.4, -0.2) is 37.8 Å². The van der Waals surface area contributed by atoms with E-state index in [-0.39, 0.29) is 29.6 Å². The molecular formula is C15H17BrO5S. The number of carbonyl (C=O) groups excluding carboxylic acids is 2. The second kappa shape index (κ2) is 6.91. The average molecular weight is 389 g/mol. The summed E-state index contributed by atoms with van der Waals surface area (Å²) in [5.41, 5.74) is 0.465. The summed E-state index contributed by atoms with van der Waals surface area (Å²) in [6.07, 6.45) is -0.365. The Balaban J connectivity index is 1.88. The maximum atomic E-state index is 12.1. The molecule has 1 saturated heterocycles. The van der Waals surface area contributed by atoms with Crippen LogP contribution in [0.5, 0.6) is 0 Å². The van der Waals surface area contributed by atoms with E-state index >= 15 is 0 Å². The lowest BCUT2D eigenvalue weighted by atomic mass is 10.1. The molecule has 1 aliphatic rings. The van der Waals surface area contributed by atoms with Gasteiger partial charge in [-0.1, -0.05) is 28.1 Å². The Labute approximate surface area is 138 Å². The number of esters is 1. The van der Waals surface area contributed by atoms with Crippen molar-refractivity contribution in [2.75, 3.05) is 11.5 Å². The van der Waals surface area contributed by atoms with Crippen LogP contribution in [0.25, 0.3) is 0 Å². The molecule has 2 atom stereocenters. The minimum Gasteiger partial charge on any atom is -0.454 e. The Morgan fingerprint density at radius 1 is 1.32 bits per heavy atom. The average Bonchev–Trinajstić information content (AvgIpc) is 2.77. The molecule has 0 radical (unpaired) electrons. The normalized spacial score (nSPS) is 21.3. The van der Waals surface area contributed by atoms with Gasteiger partial charge in [-0.3, -0.25) is 9.59 Å². The molecule has 2 rings (SSSR count). The third-order valence-corrected chi connectivity index (χ3v) is 5.95. The van der Waals surface area contributed by atoms with Crippen molar-refractivity contribution in [3.63, 3.8) is 0 Å². The maximum Gasteiger partial charge on any atom is 0.306 e. The Kier molecular flexibility index (Phi) is 5.39. The van der Waals surface area contributed by atoms with Crippen LogP contribution in [0.3, 0.4) is 0 Å². The first-order valence-electron chi connectivity index (χ1n) is 6.96. The maximum absolute atomic E-state index is 12.1. The molecular weight excluding hydrogens is 372 g/mol. The van der Waals surface area contributed by atoms with Gasteiger partial charge in [0, 0.05) is 16.5 Å². The van der Waals surface area contributed by atoms with E-state index in [4.69, 9.17) is 4.74 Å². The van der Waals surface area contributed by atoms with Gasteiger partial charge in [-0.05, 0) is 31.4 Å². The monoisotopic (exact) mass is 388 g/mol. The summed E-state index contributed by atoms with van der Waals surface area (Å²) in [5, 5.41) is 0. The van der Waals surface area contributed by atoms with E-state index in [1.54, 1.807) is 24.3 Å². The Hall–Kier alpha value is -1.21. The van der Waals surface area contributed by atoms with E-state index in [1.165, 1.54) is 6.92 Å². The molecule has 22 heavy (non-hydrogen) atoms. The van der Waals surface area contributed by atoms with Crippen LogP contribution in [0.4, 0.5) is 0 Å². The van der Waals surface area contributed by atoms with Crippen LogP contribution in [-0.2, 0) is 19.4 Å². The molecule has 0 bridgehead atoms. The van der Waals surface area contributed by atoms with Crippen molar-refractivity contribution in [3.8, 4) is 0 Å². The highest BCUT2D eigenvalue weighted by molar-refractivity contribution is 9.10. The number of ketones is 1. The van der Waals surface area contributed by atoms with Crippen molar-refractivity contribution < 1.29 is 22.7 Å². The number of ether oxygens (including phenoxy) is 1. The van der Waals surface area contributed by atoms with Crippen LogP contribution < -0.4 is 0 Å². The molecule has 0 aromatic heterocycles. The van der Waals surface area contributed by atoms with E-state index in [9.17, 15) is 18.0 Å². The first-order valence-corrected chi connectivity index (χ1v) is 9.58. The Morgan fingerprint density at radius 3 is 2.50 bits per heavy atom. The Bertz CT molecular complexity index is 666. The van der Waals surface area contributed by atoms with E-state index < -0.39 is 21.9 Å². The van der Waals surface area contributed by atoms with Gasteiger partial charge in [0.1, 0.15) is 0 Å². The highest BCUT2D eigenvalue weighted by Crippen LogP contribution is 2.22. The zero-order valence-electron chi connectivity index (χ0n) is 12.1. The third-order valence-electron chi connectivity index (χ3n) is 3.59. The molecule has 5 nitrogen and oxygen atoms in total. The summed E-state index contributed by atoms with van der Waals surface area (Å²) in [7, 11) is -3.01. The van der Waals surface area contributed by atoms with Gasteiger partial charge in [0.25, 0.3) is 0 Å². The molecule has 1 aromatic carbocycles. The van der Waals surface area contributed by atoms with E-state index in [0.717, 1.165) is 4.47 Å². The SMILES string of the molecule is C[C@H](OC(=O)C[C@H]1CCS(=O)(=O)C1)C(=O)c1ccc(Br)cc1. The lowest BCUT2D eigenvalue weighted by Crippen LogP contribution is -2.25. The summed E-state index contributed by atoms with van der Waals surface area (Å²) in [5.74, 6) is -0.859. The number of Topliss-reactive ketones (excluding diaryl/α,β-unsaturated/α-hetero) is 1. The van der Waals surface area contributed by atoms with Gasteiger partial charge in [0.2, 0.25) is 5.78 Å². The number of rotatable bonds is 5. The zero-order chi connectivity index (χ0) is 16.3. The number of carbonyl (C=O) groups is 2. The summed E-state index contributed by atoms with van der Waals surface area (Å²) in [6.45, 7) is 1.52. The molecule has 120 valence electrons. The number of benzene rings is 1. The zero-order valence-corrected chi connectivity index (χ0v) is 14.5. The highest BCUT2D eigenvalue weighted by atomic mass is 79.9. The summed E-state index contributed by atoms with van der Waals surface area (Å²) in [6, 6.07) is 6.79. The molecule has 1 aliphatic heterocycles. The predicted molar refractivity (Wildman–Crippen MR) is 85.4 cm³/mol. The first-order chi connectivity index (χ1) is 10.3. The van der Waals surface area contributed by atoms with Gasteiger partial charge in [-0.15, -0.1) is 0 Å². The quantitative estimate of drug-likeness (QED) is 0.571. The number of hydrogen-bond donors (Lipinski definition) is 0. The smallest absolute Gasteiger partial charge is 0.306 e. The van der Waals surface area contributed by atoms with Gasteiger partial charge in [-0.25, -0.2) is 8.42 Å². The van der Waals surface area contributed by atoms with Gasteiger partial charge in [0.05, 0.1) is 11.5 Å². The third kappa shape index (κ3) is 4.64. The molecule has 0 saturated carbocycles.